The molecule has 0 saturated carbocycles. The Hall–Kier alpha value is -0.760. The minimum absolute atomic E-state index is 0.101. The van der Waals surface area contributed by atoms with Crippen molar-refractivity contribution in [3.8, 4) is 0 Å². The summed E-state index contributed by atoms with van der Waals surface area (Å²) >= 11 is 1.34. The van der Waals surface area contributed by atoms with Gasteiger partial charge in [0.2, 0.25) is 0 Å². The van der Waals surface area contributed by atoms with E-state index in [4.69, 9.17) is 0 Å². The summed E-state index contributed by atoms with van der Waals surface area (Å²) in [7, 11) is 0. The normalized spacial score (nSPS) is 10.5. The summed E-state index contributed by atoms with van der Waals surface area (Å²) in [6.07, 6.45) is 0. The average molecular weight is 194 g/mol. The van der Waals surface area contributed by atoms with Crippen LogP contribution in [-0.4, -0.2) is 5.12 Å². The van der Waals surface area contributed by atoms with E-state index in [1.807, 2.05) is 45.0 Å². The van der Waals surface area contributed by atoms with Gasteiger partial charge in [0.05, 0.1) is 0 Å². The van der Waals surface area contributed by atoms with Crippen molar-refractivity contribution >= 4 is 16.9 Å². The fraction of sp³-hybridized carbons (Fsp3) is 0.364. The van der Waals surface area contributed by atoms with Crippen LogP contribution in [-0.2, 0) is 4.79 Å². The Morgan fingerprint density at radius 3 is 2.46 bits per heavy atom. The van der Waals surface area contributed by atoms with Gasteiger partial charge in [0.15, 0.2) is 5.12 Å². The van der Waals surface area contributed by atoms with Crippen LogP contribution >= 0.6 is 11.8 Å². The summed E-state index contributed by atoms with van der Waals surface area (Å²) in [5.74, 6) is 0.101. The minimum atomic E-state index is 0.101. The second-order valence-corrected chi connectivity index (χ2v) is 4.39. The Labute approximate surface area is 83.5 Å². The maximum atomic E-state index is 11.4. The molecule has 0 aromatic heterocycles. The van der Waals surface area contributed by atoms with Gasteiger partial charge in [0, 0.05) is 10.8 Å². The molecule has 1 aromatic carbocycles. The second kappa shape index (κ2) is 4.47. The van der Waals surface area contributed by atoms with Crippen molar-refractivity contribution in [1.82, 2.24) is 0 Å². The van der Waals surface area contributed by atoms with Crippen LogP contribution in [0.3, 0.4) is 0 Å². The third-order valence-electron chi connectivity index (χ3n) is 1.78. The van der Waals surface area contributed by atoms with E-state index in [2.05, 4.69) is 0 Å². The zero-order chi connectivity index (χ0) is 9.84. The van der Waals surface area contributed by atoms with Crippen molar-refractivity contribution in [1.29, 1.82) is 0 Å². The Balaban J connectivity index is 2.75. The first kappa shape index (κ1) is 10.3. The molecule has 0 heterocycles. The SMILES string of the molecule is Cc1ccccc1SC(=O)C(C)C. The molecule has 0 atom stereocenters. The largest absolute Gasteiger partial charge is 0.287 e. The molecule has 0 aliphatic rings. The smallest absolute Gasteiger partial charge is 0.196 e. The lowest BCUT2D eigenvalue weighted by Gasteiger charge is -2.05. The standard InChI is InChI=1S/C11H14OS/c1-8(2)11(12)13-10-7-5-4-6-9(10)3/h4-8H,1-3H3. The van der Waals surface area contributed by atoms with Gasteiger partial charge in [-0.15, -0.1) is 0 Å². The number of thioether (sulfide) groups is 1. The molecular formula is C11H14OS. The van der Waals surface area contributed by atoms with Crippen molar-refractivity contribution < 1.29 is 4.79 Å². The molecule has 0 radical (unpaired) electrons. The fourth-order valence-electron chi connectivity index (χ4n) is 0.897. The third-order valence-corrected chi connectivity index (χ3v) is 3.13. The summed E-state index contributed by atoms with van der Waals surface area (Å²) in [5.41, 5.74) is 1.17. The van der Waals surface area contributed by atoms with Gasteiger partial charge in [-0.2, -0.15) is 0 Å². The van der Waals surface area contributed by atoms with Gasteiger partial charge in [-0.3, -0.25) is 4.79 Å². The summed E-state index contributed by atoms with van der Waals surface area (Å²) in [6.45, 7) is 5.87. The topological polar surface area (TPSA) is 17.1 Å². The molecule has 0 N–H and O–H groups in total. The van der Waals surface area contributed by atoms with E-state index in [0.29, 0.717) is 0 Å². The Kier molecular flexibility index (Phi) is 3.55. The fourth-order valence-corrected chi connectivity index (χ4v) is 1.73. The van der Waals surface area contributed by atoms with Crippen LogP contribution < -0.4 is 0 Å². The summed E-state index contributed by atoms with van der Waals surface area (Å²) in [5, 5.41) is 0.231. The molecule has 1 rings (SSSR count). The van der Waals surface area contributed by atoms with Crippen LogP contribution in [0.2, 0.25) is 0 Å². The lowest BCUT2D eigenvalue weighted by Crippen LogP contribution is -2.01. The van der Waals surface area contributed by atoms with Gasteiger partial charge < -0.3 is 0 Å². The molecule has 0 saturated heterocycles. The highest BCUT2D eigenvalue weighted by Gasteiger charge is 2.09. The Bertz CT molecular complexity index is 305. The Morgan fingerprint density at radius 2 is 1.92 bits per heavy atom. The highest BCUT2D eigenvalue weighted by atomic mass is 32.2. The van der Waals surface area contributed by atoms with Crippen LogP contribution in [0.15, 0.2) is 29.2 Å². The maximum absolute atomic E-state index is 11.4. The Morgan fingerprint density at radius 1 is 1.31 bits per heavy atom. The van der Waals surface area contributed by atoms with Crippen molar-refractivity contribution in [2.45, 2.75) is 25.7 Å². The van der Waals surface area contributed by atoms with E-state index in [9.17, 15) is 4.79 Å². The summed E-state index contributed by atoms with van der Waals surface area (Å²) in [4.78, 5) is 12.5. The van der Waals surface area contributed by atoms with E-state index in [1.165, 1.54) is 17.3 Å². The molecule has 0 unspecified atom stereocenters. The molecule has 0 spiro atoms. The van der Waals surface area contributed by atoms with Crippen LogP contribution in [0.1, 0.15) is 19.4 Å². The lowest BCUT2D eigenvalue weighted by molar-refractivity contribution is -0.113. The first-order valence-electron chi connectivity index (χ1n) is 4.38. The van der Waals surface area contributed by atoms with E-state index in [1.54, 1.807) is 0 Å². The second-order valence-electron chi connectivity index (χ2n) is 3.34. The first-order valence-corrected chi connectivity index (χ1v) is 5.20. The molecule has 13 heavy (non-hydrogen) atoms. The third kappa shape index (κ3) is 2.88. The number of benzene rings is 1. The molecule has 0 fully saturated rings. The van der Waals surface area contributed by atoms with Crippen molar-refractivity contribution in [3.05, 3.63) is 29.8 Å². The van der Waals surface area contributed by atoms with Crippen molar-refractivity contribution in [2.75, 3.05) is 0 Å². The molecule has 1 nitrogen and oxygen atoms in total. The molecular weight excluding hydrogens is 180 g/mol. The van der Waals surface area contributed by atoms with E-state index in [-0.39, 0.29) is 11.0 Å². The molecule has 0 aliphatic carbocycles. The van der Waals surface area contributed by atoms with Crippen LogP contribution in [0.25, 0.3) is 0 Å². The highest BCUT2D eigenvalue weighted by molar-refractivity contribution is 8.13. The maximum Gasteiger partial charge on any atom is 0.196 e. The molecule has 0 aliphatic heterocycles. The van der Waals surface area contributed by atoms with Crippen molar-refractivity contribution in [2.24, 2.45) is 5.92 Å². The minimum Gasteiger partial charge on any atom is -0.287 e. The number of hydrogen-bond donors (Lipinski definition) is 0. The van der Waals surface area contributed by atoms with Gasteiger partial charge in [-0.1, -0.05) is 43.8 Å². The first-order chi connectivity index (χ1) is 6.11. The molecule has 2 heteroatoms. The predicted molar refractivity (Wildman–Crippen MR) is 56.9 cm³/mol. The number of hydrogen-bond acceptors (Lipinski definition) is 2. The van der Waals surface area contributed by atoms with Gasteiger partial charge in [-0.05, 0) is 18.6 Å². The van der Waals surface area contributed by atoms with Crippen molar-refractivity contribution in [3.63, 3.8) is 0 Å². The zero-order valence-corrected chi connectivity index (χ0v) is 9.02. The predicted octanol–water partition coefficient (Wildman–Crippen LogP) is 3.27. The number of aryl methyl sites for hydroxylation is 1. The highest BCUT2D eigenvalue weighted by Crippen LogP contribution is 2.24. The van der Waals surface area contributed by atoms with Gasteiger partial charge in [0.25, 0.3) is 0 Å². The number of carbonyl (C=O) groups excluding carboxylic acids is 1. The molecule has 0 bridgehead atoms. The molecule has 0 amide bonds. The van der Waals surface area contributed by atoms with Crippen LogP contribution in [0, 0.1) is 12.8 Å². The average Bonchev–Trinajstić information content (AvgIpc) is 2.08. The summed E-state index contributed by atoms with van der Waals surface area (Å²) in [6, 6.07) is 7.96. The van der Waals surface area contributed by atoms with Crippen LogP contribution in [0.5, 0.6) is 0 Å². The lowest BCUT2D eigenvalue weighted by atomic mass is 10.2. The van der Waals surface area contributed by atoms with Gasteiger partial charge >= 0.3 is 0 Å². The monoisotopic (exact) mass is 194 g/mol. The quantitative estimate of drug-likeness (QED) is 0.672. The van der Waals surface area contributed by atoms with Gasteiger partial charge in [0.1, 0.15) is 0 Å². The van der Waals surface area contributed by atoms with Crippen LogP contribution in [0.4, 0.5) is 0 Å². The van der Waals surface area contributed by atoms with Gasteiger partial charge in [-0.25, -0.2) is 0 Å². The van der Waals surface area contributed by atoms with E-state index >= 15 is 0 Å². The summed E-state index contributed by atoms with van der Waals surface area (Å²) < 4.78 is 0. The van der Waals surface area contributed by atoms with E-state index in [0.717, 1.165) is 4.90 Å². The number of rotatable bonds is 2. The number of carbonyl (C=O) groups is 1. The van der Waals surface area contributed by atoms with E-state index < -0.39 is 0 Å². The zero-order valence-electron chi connectivity index (χ0n) is 8.20. The molecule has 70 valence electrons. The molecule has 1 aromatic rings.